The van der Waals surface area contributed by atoms with Gasteiger partial charge in [0.05, 0.1) is 19.5 Å². The zero-order valence-electron chi connectivity index (χ0n) is 16.3. The number of nitrogens with one attached hydrogen (secondary N) is 1. The maximum absolute atomic E-state index is 12.6. The summed E-state index contributed by atoms with van der Waals surface area (Å²) in [5, 5.41) is 1.89. The van der Waals surface area contributed by atoms with Gasteiger partial charge in [-0.25, -0.2) is 9.59 Å². The van der Waals surface area contributed by atoms with Gasteiger partial charge in [0.15, 0.2) is 0 Å². The number of amides is 1. The van der Waals surface area contributed by atoms with Crippen LogP contribution in [0.2, 0.25) is 0 Å². The Hall–Kier alpha value is -1.96. The Kier molecular flexibility index (Phi) is 9.41. The van der Waals surface area contributed by atoms with E-state index in [0.29, 0.717) is 25.0 Å². The maximum Gasteiger partial charge on any atom is 0.407 e. The molecule has 5 atom stereocenters. The molecule has 0 radical (unpaired) electrons. The predicted molar refractivity (Wildman–Crippen MR) is 104 cm³/mol. The summed E-state index contributed by atoms with van der Waals surface area (Å²) in [6.07, 6.45) is 10.6. The summed E-state index contributed by atoms with van der Waals surface area (Å²) >= 11 is 0. The van der Waals surface area contributed by atoms with E-state index in [4.69, 9.17) is 4.74 Å². The van der Waals surface area contributed by atoms with Crippen molar-refractivity contribution in [2.75, 3.05) is 20.5 Å². The van der Waals surface area contributed by atoms with Crippen molar-refractivity contribution in [2.45, 2.75) is 43.4 Å². The van der Waals surface area contributed by atoms with Crippen LogP contribution in [-0.4, -0.2) is 53.8 Å². The van der Waals surface area contributed by atoms with Crippen molar-refractivity contribution < 1.29 is 28.1 Å². The lowest BCUT2D eigenvalue weighted by atomic mass is 9.80. The second kappa shape index (κ2) is 11.0. The maximum atomic E-state index is 12.6. The number of alkyl carbamates (subject to hydrolysis) is 1. The molecule has 7 nitrogen and oxygen atoms in total. The first-order valence-corrected chi connectivity index (χ1v) is 10.5. The molecule has 1 N–H and O–H groups in total. The molecule has 0 saturated carbocycles. The lowest BCUT2D eigenvalue weighted by Gasteiger charge is -2.34. The molecule has 1 aliphatic carbocycles. The van der Waals surface area contributed by atoms with Crippen molar-refractivity contribution in [3.8, 4) is 0 Å². The van der Waals surface area contributed by atoms with Crippen LogP contribution in [0.3, 0.4) is 0 Å². The monoisotopic (exact) mass is 399 g/mol. The number of rotatable bonds is 10. The highest BCUT2D eigenvalue weighted by molar-refractivity contribution is 7.85. The molecule has 5 unspecified atom stereocenters. The standard InChI is InChI=1S/C19H29NO6S/c1-14-7-5-6-8-15(14)9-11-19(17(22)25-2,20-18(23)26-3)12-10-16(13-21)27(4)24/h5-8,13-16H,9-12H2,1-4H3,(H,20,23). The molecule has 0 aliphatic heterocycles. The van der Waals surface area contributed by atoms with Gasteiger partial charge in [0.25, 0.3) is 0 Å². The van der Waals surface area contributed by atoms with Gasteiger partial charge in [0.2, 0.25) is 0 Å². The largest absolute Gasteiger partial charge is 0.467 e. The van der Waals surface area contributed by atoms with Gasteiger partial charge in [0, 0.05) is 17.1 Å². The third-order valence-corrected chi connectivity index (χ3v) is 6.20. The van der Waals surface area contributed by atoms with Gasteiger partial charge in [-0.2, -0.15) is 0 Å². The summed E-state index contributed by atoms with van der Waals surface area (Å²) in [7, 11) is 1.09. The topological polar surface area (TPSA) is 98.8 Å². The van der Waals surface area contributed by atoms with Gasteiger partial charge in [-0.05, 0) is 37.5 Å². The average molecular weight is 400 g/mol. The van der Waals surface area contributed by atoms with Gasteiger partial charge >= 0.3 is 12.1 Å². The Morgan fingerprint density at radius 2 is 1.89 bits per heavy atom. The molecule has 0 spiro atoms. The normalized spacial score (nSPS) is 23.0. The number of methoxy groups -OCH3 is 2. The van der Waals surface area contributed by atoms with Gasteiger partial charge in [-0.3, -0.25) is 4.21 Å². The number of aldehydes is 1. The van der Waals surface area contributed by atoms with Crippen LogP contribution in [0.15, 0.2) is 24.3 Å². The summed E-state index contributed by atoms with van der Waals surface area (Å²) < 4.78 is 21.3. The van der Waals surface area contributed by atoms with E-state index in [1.807, 2.05) is 12.2 Å². The number of hydrogen-bond acceptors (Lipinski definition) is 6. The molecule has 0 heterocycles. The first-order valence-electron chi connectivity index (χ1n) is 8.86. The smallest absolute Gasteiger partial charge is 0.407 e. The highest BCUT2D eigenvalue weighted by atomic mass is 32.2. The Morgan fingerprint density at radius 1 is 1.22 bits per heavy atom. The molecule has 1 amide bonds. The SMILES string of the molecule is COC(=O)NC(CCC1C=CC=CC1C)(CCC(C=O)S(C)=O)C(=O)OC. The lowest BCUT2D eigenvalue weighted by molar-refractivity contribution is -0.149. The minimum absolute atomic E-state index is 0.123. The summed E-state index contributed by atoms with van der Waals surface area (Å²) in [6, 6.07) is 0. The quantitative estimate of drug-likeness (QED) is 0.446. The van der Waals surface area contributed by atoms with Crippen molar-refractivity contribution in [1.82, 2.24) is 5.32 Å². The van der Waals surface area contributed by atoms with Crippen molar-refractivity contribution in [3.05, 3.63) is 24.3 Å². The van der Waals surface area contributed by atoms with Gasteiger partial charge < -0.3 is 19.6 Å². The Balaban J connectivity index is 3.05. The first kappa shape index (κ1) is 23.1. The number of esters is 1. The molecule has 1 rings (SSSR count). The van der Waals surface area contributed by atoms with E-state index >= 15 is 0 Å². The predicted octanol–water partition coefficient (Wildman–Crippen LogP) is 2.14. The van der Waals surface area contributed by atoms with Crippen LogP contribution in [0.25, 0.3) is 0 Å². The highest BCUT2D eigenvalue weighted by Gasteiger charge is 2.42. The number of hydrogen-bond donors (Lipinski definition) is 1. The van der Waals surface area contributed by atoms with Crippen molar-refractivity contribution in [3.63, 3.8) is 0 Å². The number of ether oxygens (including phenoxy) is 2. The molecule has 0 fully saturated rings. The van der Waals surface area contributed by atoms with Crippen molar-refractivity contribution in [2.24, 2.45) is 11.8 Å². The van der Waals surface area contributed by atoms with Gasteiger partial charge in [-0.15, -0.1) is 0 Å². The number of carbonyl (C=O) groups excluding carboxylic acids is 3. The van der Waals surface area contributed by atoms with Crippen LogP contribution >= 0.6 is 0 Å². The van der Waals surface area contributed by atoms with Crippen LogP contribution < -0.4 is 5.32 Å². The van der Waals surface area contributed by atoms with Gasteiger partial charge in [-0.1, -0.05) is 31.2 Å². The third-order valence-electron chi connectivity index (χ3n) is 5.00. The number of carbonyl (C=O) groups is 3. The molecular weight excluding hydrogens is 370 g/mol. The van der Waals surface area contributed by atoms with E-state index in [1.165, 1.54) is 20.5 Å². The molecule has 152 valence electrons. The summed E-state index contributed by atoms with van der Waals surface area (Å²) in [5.74, 6) is -0.0996. The minimum Gasteiger partial charge on any atom is -0.467 e. The van der Waals surface area contributed by atoms with Crippen LogP contribution in [0.5, 0.6) is 0 Å². The molecule has 27 heavy (non-hydrogen) atoms. The molecule has 0 bridgehead atoms. The van der Waals surface area contributed by atoms with Crippen LogP contribution in [-0.2, 0) is 29.9 Å². The molecule has 0 aromatic heterocycles. The summed E-state index contributed by atoms with van der Waals surface area (Å²) in [6.45, 7) is 2.08. The second-order valence-electron chi connectivity index (χ2n) is 6.73. The van der Waals surface area contributed by atoms with Crippen LogP contribution in [0, 0.1) is 11.8 Å². The Bertz CT molecular complexity index is 617. The lowest BCUT2D eigenvalue weighted by Crippen LogP contribution is -2.55. The molecule has 0 saturated heterocycles. The average Bonchev–Trinajstić information content (AvgIpc) is 2.66. The number of allylic oxidation sites excluding steroid dienone is 4. The third kappa shape index (κ3) is 6.61. The Morgan fingerprint density at radius 3 is 2.41 bits per heavy atom. The Labute approximate surface area is 163 Å². The highest BCUT2D eigenvalue weighted by Crippen LogP contribution is 2.30. The van der Waals surface area contributed by atoms with Gasteiger partial charge in [0.1, 0.15) is 11.8 Å². The zero-order chi connectivity index (χ0) is 20.4. The fourth-order valence-electron chi connectivity index (χ4n) is 3.18. The summed E-state index contributed by atoms with van der Waals surface area (Å²) in [5.41, 5.74) is -1.35. The van der Waals surface area contributed by atoms with Crippen LogP contribution in [0.4, 0.5) is 4.79 Å². The van der Waals surface area contributed by atoms with Crippen LogP contribution in [0.1, 0.15) is 32.6 Å². The van der Waals surface area contributed by atoms with Crippen molar-refractivity contribution >= 4 is 29.1 Å². The molecule has 0 aromatic rings. The first-order chi connectivity index (χ1) is 12.8. The summed E-state index contributed by atoms with van der Waals surface area (Å²) in [4.78, 5) is 35.7. The van der Waals surface area contributed by atoms with E-state index in [9.17, 15) is 18.6 Å². The van der Waals surface area contributed by atoms with E-state index in [-0.39, 0.29) is 18.8 Å². The van der Waals surface area contributed by atoms with E-state index in [2.05, 4.69) is 29.1 Å². The molecule has 1 aliphatic rings. The minimum atomic E-state index is -1.37. The zero-order valence-corrected chi connectivity index (χ0v) is 17.1. The molecular formula is C19H29NO6S. The van der Waals surface area contributed by atoms with E-state index < -0.39 is 33.7 Å². The molecule has 8 heteroatoms. The second-order valence-corrected chi connectivity index (χ2v) is 8.34. The molecule has 0 aromatic carbocycles. The fourth-order valence-corrected chi connectivity index (χ4v) is 3.79. The van der Waals surface area contributed by atoms with E-state index in [1.54, 1.807) is 0 Å². The fraction of sp³-hybridized carbons (Fsp3) is 0.632. The van der Waals surface area contributed by atoms with E-state index in [0.717, 1.165) is 0 Å². The van der Waals surface area contributed by atoms with Crippen molar-refractivity contribution in [1.29, 1.82) is 0 Å².